The van der Waals surface area contributed by atoms with Crippen LogP contribution in [0.3, 0.4) is 0 Å². The van der Waals surface area contributed by atoms with E-state index in [4.69, 9.17) is 16.6 Å². The molecule has 1 fully saturated rings. The first kappa shape index (κ1) is 25.1. The van der Waals surface area contributed by atoms with Gasteiger partial charge in [-0.05, 0) is 67.0 Å². The highest BCUT2D eigenvalue weighted by Crippen LogP contribution is 2.34. The maximum atomic E-state index is 14.3. The summed E-state index contributed by atoms with van der Waals surface area (Å²) in [6.07, 6.45) is 5.12. The van der Waals surface area contributed by atoms with Gasteiger partial charge in [0.2, 0.25) is 5.82 Å². The third-order valence-electron chi connectivity index (χ3n) is 7.02. The number of anilines is 1. The molecule has 192 valence electrons. The number of nitrogens with zero attached hydrogens (tertiary/aromatic N) is 5. The van der Waals surface area contributed by atoms with Gasteiger partial charge in [-0.15, -0.1) is 0 Å². The number of aromatic nitrogens is 5. The molecule has 2 N–H and O–H groups in total. The van der Waals surface area contributed by atoms with E-state index in [9.17, 15) is 14.3 Å². The Bertz CT molecular complexity index is 1480. The predicted molar refractivity (Wildman–Crippen MR) is 141 cm³/mol. The van der Waals surface area contributed by atoms with Crippen molar-refractivity contribution in [2.45, 2.75) is 58.5 Å². The van der Waals surface area contributed by atoms with Gasteiger partial charge in [-0.25, -0.2) is 24.1 Å². The third kappa shape index (κ3) is 5.00. The van der Waals surface area contributed by atoms with Crippen LogP contribution in [-0.2, 0) is 6.54 Å². The zero-order valence-electron chi connectivity index (χ0n) is 20.9. The van der Waals surface area contributed by atoms with E-state index in [2.05, 4.69) is 41.0 Å². The first-order valence-electron chi connectivity index (χ1n) is 12.4. The van der Waals surface area contributed by atoms with Gasteiger partial charge in [-0.3, -0.25) is 4.98 Å². The molecule has 37 heavy (non-hydrogen) atoms. The second-order valence-corrected chi connectivity index (χ2v) is 10.3. The van der Waals surface area contributed by atoms with Gasteiger partial charge in [-0.1, -0.05) is 37.9 Å². The smallest absolute Gasteiger partial charge is 0.374 e. The van der Waals surface area contributed by atoms with Gasteiger partial charge in [0.1, 0.15) is 17.0 Å². The number of carboxylic acids is 1. The first-order valence-corrected chi connectivity index (χ1v) is 12.8. The molecule has 3 aromatic heterocycles. The molecule has 1 aliphatic rings. The number of aromatic carboxylic acids is 1. The lowest BCUT2D eigenvalue weighted by atomic mass is 9.80. The number of nitrogens with one attached hydrogen (secondary N) is 1. The summed E-state index contributed by atoms with van der Waals surface area (Å²) in [4.78, 5) is 29.8. The zero-order chi connectivity index (χ0) is 26.3. The molecule has 0 amide bonds. The van der Waals surface area contributed by atoms with Gasteiger partial charge in [0.05, 0.1) is 11.6 Å². The molecule has 10 heteroatoms. The first-order chi connectivity index (χ1) is 17.7. The largest absolute Gasteiger partial charge is 0.475 e. The fourth-order valence-electron chi connectivity index (χ4n) is 4.60. The summed E-state index contributed by atoms with van der Waals surface area (Å²) in [6, 6.07) is 8.63. The number of pyridine rings is 1. The van der Waals surface area contributed by atoms with E-state index in [1.807, 2.05) is 16.7 Å². The number of rotatable bonds is 8. The van der Waals surface area contributed by atoms with Crippen molar-refractivity contribution in [3.05, 3.63) is 64.3 Å². The Labute approximate surface area is 219 Å². The van der Waals surface area contributed by atoms with Crippen molar-refractivity contribution < 1.29 is 14.3 Å². The average molecular weight is 523 g/mol. The molecule has 0 aliphatic heterocycles. The van der Waals surface area contributed by atoms with Crippen LogP contribution in [0.15, 0.2) is 36.5 Å². The number of hydrogen-bond acceptors (Lipinski definition) is 6. The van der Waals surface area contributed by atoms with Gasteiger partial charge < -0.3 is 15.0 Å². The van der Waals surface area contributed by atoms with Crippen LogP contribution in [0.4, 0.5) is 10.2 Å². The van der Waals surface area contributed by atoms with Crippen LogP contribution in [-0.4, -0.2) is 41.6 Å². The molecule has 0 saturated heterocycles. The van der Waals surface area contributed by atoms with E-state index in [0.29, 0.717) is 34.3 Å². The predicted octanol–water partition coefficient (Wildman–Crippen LogP) is 6.15. The number of hydrogen-bond donors (Lipinski definition) is 2. The highest BCUT2D eigenvalue weighted by atomic mass is 35.5. The topological polar surface area (TPSA) is 106 Å². The zero-order valence-corrected chi connectivity index (χ0v) is 21.6. The summed E-state index contributed by atoms with van der Waals surface area (Å²) < 4.78 is 16.2. The second-order valence-electron chi connectivity index (χ2n) is 9.90. The highest BCUT2D eigenvalue weighted by Gasteiger charge is 2.28. The monoisotopic (exact) mass is 522 g/mol. The number of fused-ring (bicyclic) bond motifs is 1. The van der Waals surface area contributed by atoms with E-state index in [1.54, 1.807) is 12.3 Å². The molecule has 4 aromatic rings. The lowest BCUT2D eigenvalue weighted by Crippen LogP contribution is -2.31. The summed E-state index contributed by atoms with van der Waals surface area (Å²) in [5.41, 5.74) is 3.11. The van der Waals surface area contributed by atoms with Gasteiger partial charge in [0.15, 0.2) is 17.3 Å². The molecule has 0 bridgehead atoms. The van der Waals surface area contributed by atoms with Gasteiger partial charge in [-0.2, -0.15) is 0 Å². The van der Waals surface area contributed by atoms with Crippen LogP contribution >= 0.6 is 11.6 Å². The molecule has 5 rings (SSSR count). The molecular formula is C27H28ClFN6O2. The summed E-state index contributed by atoms with van der Waals surface area (Å²) in [5.74, 6) is -0.483. The third-order valence-corrected chi connectivity index (χ3v) is 7.33. The Morgan fingerprint density at radius 2 is 1.97 bits per heavy atom. The van der Waals surface area contributed by atoms with Crippen molar-refractivity contribution in [1.29, 1.82) is 0 Å². The summed E-state index contributed by atoms with van der Waals surface area (Å²) in [7, 11) is 0. The van der Waals surface area contributed by atoms with Crippen molar-refractivity contribution in [1.82, 2.24) is 24.5 Å². The van der Waals surface area contributed by atoms with Crippen molar-refractivity contribution >= 4 is 34.6 Å². The molecule has 1 unspecified atom stereocenters. The molecule has 1 saturated carbocycles. The van der Waals surface area contributed by atoms with E-state index in [0.717, 1.165) is 18.4 Å². The quantitative estimate of drug-likeness (QED) is 0.286. The van der Waals surface area contributed by atoms with E-state index in [-0.39, 0.29) is 35.0 Å². The summed E-state index contributed by atoms with van der Waals surface area (Å²) in [6.45, 7) is 6.48. The minimum absolute atomic E-state index is 0.0388. The number of carboxylic acid groups (broad SMARTS) is 1. The molecule has 3 heterocycles. The molecular weight excluding hydrogens is 495 g/mol. The lowest BCUT2D eigenvalue weighted by Gasteiger charge is -2.32. The maximum Gasteiger partial charge on any atom is 0.374 e. The summed E-state index contributed by atoms with van der Waals surface area (Å²) in [5, 5.41) is 13.2. The fraction of sp³-hybridized carbons (Fsp3) is 0.370. The van der Waals surface area contributed by atoms with Crippen LogP contribution in [0.1, 0.15) is 67.7 Å². The standard InChI is InChI=1S/C27H28ClFN6O2/c1-14(2)18-9-10-30-21(12-18)26-34-24-22(35(26)13-16-7-8-19(28)20(29)11-16)23(32-25(33-24)27(36)37)31-15(3)17-5-4-6-17/h7-12,14-15,17H,4-6,13H2,1-3H3,(H,36,37)(H,31,32,33). The Morgan fingerprint density at radius 3 is 2.62 bits per heavy atom. The van der Waals surface area contributed by atoms with Crippen molar-refractivity contribution in [3.63, 3.8) is 0 Å². The fourth-order valence-corrected chi connectivity index (χ4v) is 4.72. The molecule has 8 nitrogen and oxygen atoms in total. The van der Waals surface area contributed by atoms with Crippen LogP contribution in [0.25, 0.3) is 22.7 Å². The number of imidazole rings is 1. The van der Waals surface area contributed by atoms with Gasteiger partial charge >= 0.3 is 5.97 Å². The Hall–Kier alpha value is -3.59. The average Bonchev–Trinajstić information content (AvgIpc) is 3.18. The number of carbonyl (C=O) groups is 1. The Morgan fingerprint density at radius 1 is 1.19 bits per heavy atom. The van der Waals surface area contributed by atoms with Crippen molar-refractivity contribution in [2.75, 3.05) is 5.32 Å². The van der Waals surface area contributed by atoms with Crippen molar-refractivity contribution in [3.8, 4) is 11.5 Å². The lowest BCUT2D eigenvalue weighted by molar-refractivity contribution is 0.0684. The minimum Gasteiger partial charge on any atom is -0.475 e. The summed E-state index contributed by atoms with van der Waals surface area (Å²) >= 11 is 5.92. The minimum atomic E-state index is -1.24. The van der Waals surface area contributed by atoms with Gasteiger partial charge in [0.25, 0.3) is 0 Å². The van der Waals surface area contributed by atoms with Crippen LogP contribution in [0.5, 0.6) is 0 Å². The van der Waals surface area contributed by atoms with Crippen LogP contribution in [0, 0.1) is 11.7 Å². The molecule has 0 radical (unpaired) electrons. The second kappa shape index (κ2) is 10.0. The molecule has 1 atom stereocenters. The molecule has 1 aromatic carbocycles. The van der Waals surface area contributed by atoms with E-state index in [1.165, 1.54) is 18.6 Å². The van der Waals surface area contributed by atoms with Crippen molar-refractivity contribution in [2.24, 2.45) is 5.92 Å². The Kier molecular flexibility index (Phi) is 6.81. The normalized spacial score (nSPS) is 14.6. The molecule has 0 spiro atoms. The number of benzene rings is 1. The highest BCUT2D eigenvalue weighted by molar-refractivity contribution is 6.30. The Balaban J connectivity index is 1.73. The molecule has 1 aliphatic carbocycles. The maximum absolute atomic E-state index is 14.3. The number of halogens is 2. The van der Waals surface area contributed by atoms with E-state index < -0.39 is 11.8 Å². The van der Waals surface area contributed by atoms with Crippen LogP contribution < -0.4 is 5.32 Å². The van der Waals surface area contributed by atoms with E-state index >= 15 is 0 Å². The van der Waals surface area contributed by atoms with Crippen LogP contribution in [0.2, 0.25) is 5.02 Å². The SMILES string of the molecule is CC(C)c1ccnc(-c2nc3nc(C(=O)O)nc(NC(C)C4CCC4)c3n2Cc2ccc(Cl)c(F)c2)c1. The van der Waals surface area contributed by atoms with Gasteiger partial charge in [0, 0.05) is 12.2 Å².